The molecule has 0 saturated heterocycles. The Balaban J connectivity index is 2.27. The standard InChI is InChI=1S/C13H14N6O/c1-9-11(8-17-19(9)13(2,3)14-4)12(20)18-10-5-6-15-16-7-10/h5-8H,1-3H3,(H,15,18,20). The quantitative estimate of drug-likeness (QED) is 0.863. The van der Waals surface area contributed by atoms with E-state index in [1.807, 2.05) is 0 Å². The summed E-state index contributed by atoms with van der Waals surface area (Å²) in [6.07, 6.45) is 4.42. The van der Waals surface area contributed by atoms with Crippen LogP contribution in [0.1, 0.15) is 29.9 Å². The third-order valence-corrected chi connectivity index (χ3v) is 2.89. The van der Waals surface area contributed by atoms with Crippen LogP contribution in [0.25, 0.3) is 4.85 Å². The molecule has 7 heteroatoms. The molecule has 2 aromatic heterocycles. The molecule has 0 radical (unpaired) electrons. The summed E-state index contributed by atoms with van der Waals surface area (Å²) in [6, 6.07) is 1.65. The molecule has 0 saturated carbocycles. The van der Waals surface area contributed by atoms with Gasteiger partial charge in [0, 0.05) is 13.8 Å². The van der Waals surface area contributed by atoms with Crippen molar-refractivity contribution < 1.29 is 4.79 Å². The summed E-state index contributed by atoms with van der Waals surface area (Å²) in [5.74, 6) is -0.289. The average Bonchev–Trinajstić information content (AvgIpc) is 2.82. The fourth-order valence-electron chi connectivity index (χ4n) is 1.79. The number of carbonyl (C=O) groups excluding carboxylic acids is 1. The highest BCUT2D eigenvalue weighted by molar-refractivity contribution is 6.04. The van der Waals surface area contributed by atoms with Crippen LogP contribution in [-0.2, 0) is 5.66 Å². The molecule has 0 aliphatic rings. The molecule has 1 N–H and O–H groups in total. The maximum Gasteiger partial charge on any atom is 0.320 e. The predicted octanol–water partition coefficient (Wildman–Crippen LogP) is 1.85. The maximum absolute atomic E-state index is 12.2. The first-order chi connectivity index (χ1) is 9.45. The number of rotatable bonds is 3. The summed E-state index contributed by atoms with van der Waals surface area (Å²) in [4.78, 5) is 15.7. The SMILES string of the molecule is [C-]#[N+]C(C)(C)n1ncc(C(=O)Nc2ccnnc2)c1C. The van der Waals surface area contributed by atoms with Gasteiger partial charge in [-0.15, -0.1) is 0 Å². The van der Waals surface area contributed by atoms with Gasteiger partial charge in [-0.1, -0.05) is 0 Å². The highest BCUT2D eigenvalue weighted by Gasteiger charge is 2.30. The number of amides is 1. The smallest absolute Gasteiger partial charge is 0.320 e. The van der Waals surface area contributed by atoms with E-state index in [9.17, 15) is 4.79 Å². The Kier molecular flexibility index (Phi) is 3.48. The van der Waals surface area contributed by atoms with Gasteiger partial charge < -0.3 is 5.32 Å². The molecular formula is C13H14N6O. The fourth-order valence-corrected chi connectivity index (χ4v) is 1.79. The van der Waals surface area contributed by atoms with Crippen molar-refractivity contribution >= 4 is 11.6 Å². The van der Waals surface area contributed by atoms with Crippen LogP contribution in [0.4, 0.5) is 5.69 Å². The summed E-state index contributed by atoms with van der Waals surface area (Å²) < 4.78 is 1.54. The first-order valence-electron chi connectivity index (χ1n) is 5.97. The molecule has 7 nitrogen and oxygen atoms in total. The molecule has 0 spiro atoms. The predicted molar refractivity (Wildman–Crippen MR) is 72.9 cm³/mol. The van der Waals surface area contributed by atoms with Crippen molar-refractivity contribution in [2.45, 2.75) is 26.4 Å². The molecule has 2 rings (SSSR count). The van der Waals surface area contributed by atoms with Crippen LogP contribution in [0.2, 0.25) is 0 Å². The molecule has 20 heavy (non-hydrogen) atoms. The summed E-state index contributed by atoms with van der Waals surface area (Å²) in [6.45, 7) is 12.4. The van der Waals surface area contributed by atoms with Crippen molar-refractivity contribution in [3.8, 4) is 0 Å². The Morgan fingerprint density at radius 3 is 2.75 bits per heavy atom. The van der Waals surface area contributed by atoms with Crippen molar-refractivity contribution in [2.75, 3.05) is 5.32 Å². The molecule has 1 amide bonds. The highest BCUT2D eigenvalue weighted by atomic mass is 16.1. The van der Waals surface area contributed by atoms with Crippen LogP contribution in [0.5, 0.6) is 0 Å². The number of aromatic nitrogens is 4. The highest BCUT2D eigenvalue weighted by Crippen LogP contribution is 2.21. The van der Waals surface area contributed by atoms with Gasteiger partial charge in [0.15, 0.2) is 0 Å². The van der Waals surface area contributed by atoms with Crippen molar-refractivity contribution in [1.82, 2.24) is 20.0 Å². The summed E-state index contributed by atoms with van der Waals surface area (Å²) >= 11 is 0. The normalized spacial score (nSPS) is 10.9. The van der Waals surface area contributed by atoms with Crippen LogP contribution < -0.4 is 5.32 Å². The van der Waals surface area contributed by atoms with Crippen LogP contribution in [0, 0.1) is 13.5 Å². The zero-order valence-electron chi connectivity index (χ0n) is 11.5. The first-order valence-corrected chi connectivity index (χ1v) is 5.97. The molecule has 0 unspecified atom stereocenters. The number of nitrogens with one attached hydrogen (secondary N) is 1. The number of carbonyl (C=O) groups is 1. The fraction of sp³-hybridized carbons (Fsp3) is 0.308. The Morgan fingerprint density at radius 2 is 2.15 bits per heavy atom. The Morgan fingerprint density at radius 1 is 1.40 bits per heavy atom. The second kappa shape index (κ2) is 5.09. The van der Waals surface area contributed by atoms with Gasteiger partial charge in [-0.3, -0.25) is 9.64 Å². The molecule has 0 fully saturated rings. The third-order valence-electron chi connectivity index (χ3n) is 2.89. The lowest BCUT2D eigenvalue weighted by atomic mass is 10.2. The average molecular weight is 270 g/mol. The van der Waals surface area contributed by atoms with E-state index < -0.39 is 5.66 Å². The minimum absolute atomic E-state index is 0.289. The van der Waals surface area contributed by atoms with Gasteiger partial charge >= 0.3 is 5.66 Å². The third kappa shape index (κ3) is 2.49. The number of hydrogen-bond donors (Lipinski definition) is 1. The number of nitrogens with zero attached hydrogens (tertiary/aromatic N) is 5. The van der Waals surface area contributed by atoms with Crippen LogP contribution in [0.15, 0.2) is 24.7 Å². The molecule has 0 atom stereocenters. The second-order valence-electron chi connectivity index (χ2n) is 4.75. The second-order valence-corrected chi connectivity index (χ2v) is 4.75. The van der Waals surface area contributed by atoms with E-state index in [0.717, 1.165) is 0 Å². The van der Waals surface area contributed by atoms with Gasteiger partial charge in [0.2, 0.25) is 0 Å². The van der Waals surface area contributed by atoms with Gasteiger partial charge in [0.1, 0.15) is 0 Å². The van der Waals surface area contributed by atoms with Gasteiger partial charge in [-0.05, 0) is 13.0 Å². The Labute approximate surface area is 116 Å². The van der Waals surface area contributed by atoms with E-state index in [0.29, 0.717) is 16.9 Å². The molecule has 0 aromatic carbocycles. The topological polar surface area (TPSA) is 77.1 Å². The van der Waals surface area contributed by atoms with E-state index in [1.165, 1.54) is 18.6 Å². The minimum Gasteiger partial charge on any atom is -0.320 e. The largest absolute Gasteiger partial charge is 0.320 e. The minimum atomic E-state index is -0.819. The first kappa shape index (κ1) is 13.7. The van der Waals surface area contributed by atoms with Crippen molar-refractivity contribution in [3.63, 3.8) is 0 Å². The van der Waals surface area contributed by atoms with E-state index in [2.05, 4.69) is 25.5 Å². The number of anilines is 1. The van der Waals surface area contributed by atoms with E-state index in [-0.39, 0.29) is 5.91 Å². The van der Waals surface area contributed by atoms with Gasteiger partial charge in [0.05, 0.1) is 35.5 Å². The van der Waals surface area contributed by atoms with Crippen LogP contribution >= 0.6 is 0 Å². The van der Waals surface area contributed by atoms with Crippen molar-refractivity contribution in [1.29, 1.82) is 0 Å². The monoisotopic (exact) mass is 270 g/mol. The zero-order valence-corrected chi connectivity index (χ0v) is 11.5. The lowest BCUT2D eigenvalue weighted by Gasteiger charge is -2.13. The van der Waals surface area contributed by atoms with E-state index in [4.69, 9.17) is 6.57 Å². The van der Waals surface area contributed by atoms with E-state index >= 15 is 0 Å². The molecule has 102 valence electrons. The van der Waals surface area contributed by atoms with Crippen LogP contribution in [0.3, 0.4) is 0 Å². The lowest BCUT2D eigenvalue weighted by Crippen LogP contribution is -2.25. The summed E-state index contributed by atoms with van der Waals surface area (Å²) in [7, 11) is 0. The van der Waals surface area contributed by atoms with Crippen molar-refractivity contribution in [2.24, 2.45) is 0 Å². The molecule has 0 aliphatic heterocycles. The Bertz CT molecular complexity index is 668. The van der Waals surface area contributed by atoms with Gasteiger partial charge in [-0.2, -0.15) is 20.0 Å². The van der Waals surface area contributed by atoms with Gasteiger partial charge in [-0.25, -0.2) is 6.57 Å². The van der Waals surface area contributed by atoms with Crippen molar-refractivity contribution in [3.05, 3.63) is 47.3 Å². The zero-order chi connectivity index (χ0) is 14.8. The molecule has 2 aromatic rings. The lowest BCUT2D eigenvalue weighted by molar-refractivity contribution is 0.102. The summed E-state index contributed by atoms with van der Waals surface area (Å²) in [5.41, 5.74) is 0.812. The molecule has 2 heterocycles. The maximum atomic E-state index is 12.2. The molecular weight excluding hydrogens is 256 g/mol. The van der Waals surface area contributed by atoms with E-state index in [1.54, 1.807) is 31.5 Å². The van der Waals surface area contributed by atoms with Crippen LogP contribution in [-0.4, -0.2) is 25.9 Å². The molecule has 0 bridgehead atoms. The summed E-state index contributed by atoms with van der Waals surface area (Å²) in [5, 5.41) is 14.2. The molecule has 0 aliphatic carbocycles. The Hall–Kier alpha value is -2.75. The van der Waals surface area contributed by atoms with Gasteiger partial charge in [0.25, 0.3) is 5.91 Å². The number of hydrogen-bond acceptors (Lipinski definition) is 4.